The van der Waals surface area contributed by atoms with Gasteiger partial charge in [-0.1, -0.05) is 6.92 Å². The van der Waals surface area contributed by atoms with Gasteiger partial charge in [0.25, 0.3) is 0 Å². The summed E-state index contributed by atoms with van der Waals surface area (Å²) in [5, 5.41) is 6.72. The fourth-order valence-electron chi connectivity index (χ4n) is 2.45. The molecule has 0 amide bonds. The number of hydrogen-bond donors (Lipinski definition) is 1. The summed E-state index contributed by atoms with van der Waals surface area (Å²) in [5.41, 5.74) is 1.52. The van der Waals surface area contributed by atoms with Crippen LogP contribution in [0.25, 0.3) is 0 Å². The molecule has 3 atom stereocenters. The van der Waals surface area contributed by atoms with E-state index in [1.54, 1.807) is 0 Å². The van der Waals surface area contributed by atoms with Gasteiger partial charge >= 0.3 is 0 Å². The first-order valence-corrected chi connectivity index (χ1v) is 7.97. The molecule has 0 aromatic carbocycles. The average Bonchev–Trinajstić information content (AvgIpc) is 2.63. The smallest absolute Gasteiger partial charge is 0.0649 e. The van der Waals surface area contributed by atoms with Crippen molar-refractivity contribution in [2.24, 2.45) is 0 Å². The normalized spacial score (nSPS) is 25.9. The fourth-order valence-corrected chi connectivity index (χ4v) is 5.02. The first kappa shape index (κ1) is 13.4. The summed E-state index contributed by atoms with van der Waals surface area (Å²) in [6.45, 7) is 5.70. The van der Waals surface area contributed by atoms with Gasteiger partial charge < -0.3 is 10.2 Å². The molecule has 0 saturated carbocycles. The summed E-state index contributed by atoms with van der Waals surface area (Å²) in [5.74, 6) is 0. The van der Waals surface area contributed by atoms with Crippen LogP contribution in [0.4, 0.5) is 0 Å². The lowest BCUT2D eigenvalue weighted by atomic mass is 10.0. The number of rotatable bonds is 4. The third kappa shape index (κ3) is 3.47. The van der Waals surface area contributed by atoms with Crippen LogP contribution < -0.4 is 5.32 Å². The van der Waals surface area contributed by atoms with E-state index in [0.29, 0.717) is 12.1 Å². The minimum atomic E-state index is 0.540. The van der Waals surface area contributed by atoms with Crippen molar-refractivity contribution in [2.45, 2.75) is 41.8 Å². The van der Waals surface area contributed by atoms with E-state index in [1.807, 2.05) is 23.1 Å². The number of hydrogen-bond acceptors (Lipinski definition) is 4. The van der Waals surface area contributed by atoms with Crippen LogP contribution in [-0.2, 0) is 0 Å². The molecule has 2 unspecified atom stereocenters. The van der Waals surface area contributed by atoms with Gasteiger partial charge in [-0.25, -0.2) is 0 Å². The maximum Gasteiger partial charge on any atom is 0.0649 e. The lowest BCUT2D eigenvalue weighted by Gasteiger charge is -2.31. The van der Waals surface area contributed by atoms with Crippen molar-refractivity contribution in [3.63, 3.8) is 0 Å². The Morgan fingerprint density at radius 2 is 2.29 bits per heavy atom. The molecule has 0 radical (unpaired) electrons. The highest BCUT2D eigenvalue weighted by Crippen LogP contribution is 2.43. The van der Waals surface area contributed by atoms with Crippen LogP contribution in [-0.4, -0.2) is 36.8 Å². The molecule has 0 spiro atoms. The SMILES string of the molecule is CC(CN(C)C)NC1C[C@H](C)Sc2sccc21. The molecule has 0 bridgehead atoms. The molecule has 0 aliphatic carbocycles. The lowest BCUT2D eigenvalue weighted by molar-refractivity contribution is 0.322. The number of nitrogens with zero attached hydrogens (tertiary/aromatic N) is 1. The highest BCUT2D eigenvalue weighted by Gasteiger charge is 2.26. The second-order valence-corrected chi connectivity index (χ2v) is 7.83. The summed E-state index contributed by atoms with van der Waals surface area (Å²) >= 11 is 3.92. The van der Waals surface area contributed by atoms with Crippen LogP contribution in [0, 0.1) is 0 Å². The maximum absolute atomic E-state index is 3.77. The summed E-state index contributed by atoms with van der Waals surface area (Å²) in [7, 11) is 4.26. The number of nitrogens with one attached hydrogen (secondary N) is 1. The van der Waals surface area contributed by atoms with E-state index in [-0.39, 0.29) is 0 Å². The van der Waals surface area contributed by atoms with Crippen molar-refractivity contribution in [3.05, 3.63) is 17.0 Å². The number of thiophene rings is 1. The number of fused-ring (bicyclic) bond motifs is 1. The topological polar surface area (TPSA) is 15.3 Å². The largest absolute Gasteiger partial charge is 0.308 e. The highest BCUT2D eigenvalue weighted by atomic mass is 32.2. The zero-order valence-corrected chi connectivity index (χ0v) is 12.7. The van der Waals surface area contributed by atoms with Gasteiger partial charge in [0, 0.05) is 23.9 Å². The van der Waals surface area contributed by atoms with E-state index < -0.39 is 0 Å². The molecule has 17 heavy (non-hydrogen) atoms. The third-order valence-electron chi connectivity index (χ3n) is 3.03. The van der Waals surface area contributed by atoms with Crippen molar-refractivity contribution < 1.29 is 0 Å². The quantitative estimate of drug-likeness (QED) is 0.904. The Morgan fingerprint density at radius 3 is 3.00 bits per heavy atom. The standard InChI is InChI=1S/C13H22N2S2/c1-9(8-15(3)4)14-12-7-10(2)17-13-11(12)5-6-16-13/h5-6,9-10,12,14H,7-8H2,1-4H3/t9?,10-,12?/m0/s1. The molecule has 0 saturated heterocycles. The first-order chi connectivity index (χ1) is 8.06. The third-order valence-corrected chi connectivity index (χ3v) is 5.38. The van der Waals surface area contributed by atoms with E-state index in [1.165, 1.54) is 16.2 Å². The van der Waals surface area contributed by atoms with Crippen LogP contribution in [0.15, 0.2) is 15.7 Å². The van der Waals surface area contributed by atoms with Gasteiger partial charge in [-0.3, -0.25) is 0 Å². The monoisotopic (exact) mass is 270 g/mol. The van der Waals surface area contributed by atoms with Gasteiger partial charge in [-0.05, 0) is 44.4 Å². The zero-order chi connectivity index (χ0) is 12.4. The van der Waals surface area contributed by atoms with Crippen LogP contribution in [0.2, 0.25) is 0 Å². The van der Waals surface area contributed by atoms with Crippen molar-refractivity contribution >= 4 is 23.1 Å². The molecule has 4 heteroatoms. The minimum Gasteiger partial charge on any atom is -0.308 e. The molecule has 2 rings (SSSR count). The van der Waals surface area contributed by atoms with Gasteiger partial charge in [0.05, 0.1) is 4.21 Å². The summed E-state index contributed by atoms with van der Waals surface area (Å²) in [6.07, 6.45) is 1.24. The Hall–Kier alpha value is -0.0300. The van der Waals surface area contributed by atoms with Crippen LogP contribution in [0.1, 0.15) is 31.9 Å². The maximum atomic E-state index is 3.77. The zero-order valence-electron chi connectivity index (χ0n) is 11.1. The molecule has 96 valence electrons. The van der Waals surface area contributed by atoms with Gasteiger partial charge in [-0.2, -0.15) is 0 Å². The van der Waals surface area contributed by atoms with E-state index in [0.717, 1.165) is 11.8 Å². The Morgan fingerprint density at radius 1 is 1.53 bits per heavy atom. The van der Waals surface area contributed by atoms with Gasteiger partial charge in [0.15, 0.2) is 0 Å². The van der Waals surface area contributed by atoms with Crippen molar-refractivity contribution in [1.29, 1.82) is 0 Å². The second-order valence-electron chi connectivity index (χ2n) is 5.21. The minimum absolute atomic E-state index is 0.540. The predicted molar refractivity (Wildman–Crippen MR) is 78.1 cm³/mol. The van der Waals surface area contributed by atoms with Crippen LogP contribution in [0.3, 0.4) is 0 Å². The molecular formula is C13H22N2S2. The van der Waals surface area contributed by atoms with Crippen molar-refractivity contribution in [1.82, 2.24) is 10.2 Å². The fraction of sp³-hybridized carbons (Fsp3) is 0.692. The van der Waals surface area contributed by atoms with E-state index in [4.69, 9.17) is 0 Å². The molecule has 1 aromatic rings. The summed E-state index contributed by atoms with van der Waals surface area (Å²) < 4.78 is 1.51. The van der Waals surface area contributed by atoms with Crippen LogP contribution in [0.5, 0.6) is 0 Å². The molecule has 2 heterocycles. The number of likely N-dealkylation sites (N-methyl/N-ethyl adjacent to an activating group) is 1. The Balaban J connectivity index is 2.02. The second kappa shape index (κ2) is 5.74. The van der Waals surface area contributed by atoms with Crippen LogP contribution >= 0.6 is 23.1 Å². The van der Waals surface area contributed by atoms with E-state index >= 15 is 0 Å². The van der Waals surface area contributed by atoms with Gasteiger partial charge in [0.2, 0.25) is 0 Å². The molecule has 1 aromatic heterocycles. The molecule has 1 aliphatic heterocycles. The lowest BCUT2D eigenvalue weighted by Crippen LogP contribution is -2.39. The molecule has 1 aliphatic rings. The summed E-state index contributed by atoms with van der Waals surface area (Å²) in [4.78, 5) is 2.24. The van der Waals surface area contributed by atoms with Crippen molar-refractivity contribution in [2.75, 3.05) is 20.6 Å². The first-order valence-electron chi connectivity index (χ1n) is 6.21. The Labute approximate surface area is 113 Å². The molecule has 1 N–H and O–H groups in total. The molecule has 2 nitrogen and oxygen atoms in total. The van der Waals surface area contributed by atoms with E-state index in [9.17, 15) is 0 Å². The molecule has 0 fully saturated rings. The summed E-state index contributed by atoms with van der Waals surface area (Å²) in [6, 6.07) is 3.37. The Kier molecular flexibility index (Phi) is 4.53. The van der Waals surface area contributed by atoms with Gasteiger partial charge in [-0.15, -0.1) is 23.1 Å². The van der Waals surface area contributed by atoms with Crippen molar-refractivity contribution in [3.8, 4) is 0 Å². The Bertz CT molecular complexity index is 362. The van der Waals surface area contributed by atoms with E-state index in [2.05, 4.69) is 49.6 Å². The predicted octanol–water partition coefficient (Wildman–Crippen LogP) is 3.21. The molecular weight excluding hydrogens is 248 g/mol. The number of thioether (sulfide) groups is 1. The van der Waals surface area contributed by atoms with Gasteiger partial charge in [0.1, 0.15) is 0 Å². The highest BCUT2D eigenvalue weighted by molar-refractivity contribution is 8.01. The average molecular weight is 270 g/mol.